The van der Waals surface area contributed by atoms with Gasteiger partial charge in [0, 0.05) is 0 Å². The summed E-state index contributed by atoms with van der Waals surface area (Å²) in [5.41, 5.74) is -6.10. The van der Waals surface area contributed by atoms with E-state index in [0.717, 1.165) is 57.2 Å². The van der Waals surface area contributed by atoms with Crippen molar-refractivity contribution < 1.29 is 123 Å². The van der Waals surface area contributed by atoms with Crippen LogP contribution in [0.4, 0.5) is 79.0 Å². The van der Waals surface area contributed by atoms with E-state index < -0.39 is 146 Å². The van der Waals surface area contributed by atoms with Crippen LogP contribution in [0, 0.1) is 0 Å². The molecule has 0 spiro atoms. The lowest BCUT2D eigenvalue weighted by Crippen LogP contribution is -2.38. The van der Waals surface area contributed by atoms with Gasteiger partial charge < -0.3 is 45.5 Å². The fourth-order valence-electron chi connectivity index (χ4n) is 6.59. The van der Waals surface area contributed by atoms with Crippen LogP contribution in [0.25, 0.3) is 0 Å². The molecule has 0 aliphatic rings. The van der Waals surface area contributed by atoms with Crippen molar-refractivity contribution in [3.8, 4) is 17.2 Å². The molecular weight excluding hydrogens is 1070 g/mol. The lowest BCUT2D eigenvalue weighted by molar-refractivity contribution is -0.275. The molecule has 0 saturated carbocycles. The largest absolute Gasteiger partial charge is 0.573 e. The number of aliphatic hydroxyl groups is 3. The van der Waals surface area contributed by atoms with Crippen LogP contribution in [-0.4, -0.2) is 87.5 Å². The number of alkyl halides is 18. The predicted molar refractivity (Wildman–Crippen MR) is 227 cm³/mol. The average Bonchev–Trinajstić information content (AvgIpc) is 3.13. The average molecular weight is 1120 g/mol. The summed E-state index contributed by atoms with van der Waals surface area (Å²) in [5.74, 6) is -4.09. The molecule has 0 aliphatic heterocycles. The third kappa shape index (κ3) is 32.2. The van der Waals surface area contributed by atoms with E-state index >= 15 is 0 Å². The lowest BCUT2D eigenvalue weighted by atomic mass is 9.97. The van der Waals surface area contributed by atoms with Crippen LogP contribution >= 0.6 is 0 Å². The summed E-state index contributed by atoms with van der Waals surface area (Å²) < 4.78 is 232. The fourth-order valence-corrected chi connectivity index (χ4v) is 6.59. The number of carbonyl (C=O) groups is 3. The molecule has 0 radical (unpaired) electrons. The third-order valence-corrected chi connectivity index (χ3v) is 9.28. The van der Waals surface area contributed by atoms with Gasteiger partial charge in [0.2, 0.25) is 17.7 Å². The monoisotopic (exact) mass is 1120 g/mol. The second-order valence-corrected chi connectivity index (χ2v) is 17.6. The van der Waals surface area contributed by atoms with Crippen LogP contribution in [0.5, 0.6) is 17.2 Å². The molecule has 75 heavy (non-hydrogen) atoms. The first kappa shape index (κ1) is 67.1. The lowest BCUT2D eigenvalue weighted by Gasteiger charge is -2.25. The van der Waals surface area contributed by atoms with Gasteiger partial charge in [0.15, 0.2) is 0 Å². The molecule has 3 aromatic rings. The van der Waals surface area contributed by atoms with E-state index in [1.54, 1.807) is 0 Å². The Labute approximate surface area is 415 Å². The van der Waals surface area contributed by atoms with Gasteiger partial charge in [-0.1, -0.05) is 36.4 Å². The van der Waals surface area contributed by atoms with Gasteiger partial charge in [-0.15, -0.1) is 39.5 Å². The molecule has 0 aromatic heterocycles. The van der Waals surface area contributed by atoms with Gasteiger partial charge in [-0.3, -0.25) is 14.4 Å². The molecule has 6 atom stereocenters. The molecule has 0 heterocycles. The maximum atomic E-state index is 12.3. The van der Waals surface area contributed by atoms with Crippen molar-refractivity contribution >= 4 is 17.7 Å². The summed E-state index contributed by atoms with van der Waals surface area (Å²) in [6.07, 6.45) is -35.6. The van der Waals surface area contributed by atoms with Crippen molar-refractivity contribution in [1.82, 2.24) is 16.0 Å². The van der Waals surface area contributed by atoms with E-state index in [1.165, 1.54) is 57.2 Å². The van der Waals surface area contributed by atoms with E-state index in [9.17, 15) is 109 Å². The quantitative estimate of drug-likeness (QED) is 0.0677. The Balaban J connectivity index is 0.000000562. The first-order valence-corrected chi connectivity index (χ1v) is 21.3. The molecule has 30 heteroatoms. The highest BCUT2D eigenvalue weighted by atomic mass is 19.4. The van der Waals surface area contributed by atoms with Crippen LogP contribution in [-0.2, 0) is 14.4 Å². The molecule has 1 unspecified atom stereocenters. The normalized spacial score (nSPS) is 16.0. The van der Waals surface area contributed by atoms with E-state index in [-0.39, 0.29) is 16.7 Å². The minimum atomic E-state index is -4.87. The standard InChI is InChI=1S/3C15H17F6NO3/c3*1-9(10-4-3-5-11(6-10)25-15(19,20)21)22-12(23)7-13(2,24)8-14(16,17)18/h3*3-6,9,24H,7-8H2,1-2H3,(H,22,23)/t9-,13?;9-,13+;9-,13-/m000/s1. The number of nitrogens with one attached hydrogen (secondary N) is 3. The number of ether oxygens (including phenoxy) is 3. The van der Waals surface area contributed by atoms with E-state index in [4.69, 9.17) is 0 Å². The first-order chi connectivity index (χ1) is 33.5. The molecule has 426 valence electrons. The maximum Gasteiger partial charge on any atom is 0.573 e. The highest BCUT2D eigenvalue weighted by molar-refractivity contribution is 5.78. The van der Waals surface area contributed by atoms with Gasteiger partial charge in [0.05, 0.1) is 73.5 Å². The summed E-state index contributed by atoms with van der Waals surface area (Å²) in [7, 11) is 0. The molecule has 0 aliphatic carbocycles. The summed E-state index contributed by atoms with van der Waals surface area (Å²) >= 11 is 0. The Morgan fingerprint density at radius 2 is 0.613 bits per heavy atom. The molecular formula is C45H51F18N3O9. The van der Waals surface area contributed by atoms with Crippen LogP contribution in [0.2, 0.25) is 0 Å². The smallest absolute Gasteiger partial charge is 0.406 e. The zero-order chi connectivity index (χ0) is 58.4. The highest BCUT2D eigenvalue weighted by Crippen LogP contribution is 2.34. The van der Waals surface area contributed by atoms with Gasteiger partial charge in [0.25, 0.3) is 0 Å². The zero-order valence-electron chi connectivity index (χ0n) is 40.0. The number of rotatable bonds is 18. The Kier molecular flexibility index (Phi) is 23.5. The molecule has 3 amide bonds. The summed E-state index contributed by atoms with van der Waals surface area (Å²) in [5, 5.41) is 35.9. The van der Waals surface area contributed by atoms with E-state index in [2.05, 4.69) is 30.2 Å². The zero-order valence-corrected chi connectivity index (χ0v) is 40.0. The Morgan fingerprint density at radius 1 is 0.413 bits per heavy atom. The summed E-state index contributed by atoms with van der Waals surface area (Å²) in [6.45, 7) is 6.93. The SMILES string of the molecule is C[C@H](NC(=O)CC(C)(O)CC(F)(F)F)c1cccc(OC(F)(F)F)c1.C[C@H](NC(=O)C[C@@](C)(O)CC(F)(F)F)c1cccc(OC(F)(F)F)c1.C[C@H](NC(=O)C[C@](C)(O)CC(F)(F)F)c1cccc(OC(F)(F)F)c1. The minimum absolute atomic E-state index is 0.255. The van der Waals surface area contributed by atoms with Crippen LogP contribution in [0.1, 0.15) is 115 Å². The van der Waals surface area contributed by atoms with Gasteiger partial charge >= 0.3 is 37.6 Å². The number of amides is 3. The second kappa shape index (κ2) is 26.2. The molecule has 0 bridgehead atoms. The molecule has 6 N–H and O–H groups in total. The number of hydrogen-bond acceptors (Lipinski definition) is 9. The number of hydrogen-bond donors (Lipinski definition) is 6. The van der Waals surface area contributed by atoms with Crippen molar-refractivity contribution in [1.29, 1.82) is 0 Å². The fraction of sp³-hybridized carbons (Fsp3) is 0.533. The van der Waals surface area contributed by atoms with Gasteiger partial charge in [-0.05, 0) is 94.6 Å². The number of carbonyl (C=O) groups excluding carboxylic acids is 3. The molecule has 3 aromatic carbocycles. The Morgan fingerprint density at radius 3 is 0.787 bits per heavy atom. The van der Waals surface area contributed by atoms with Gasteiger partial charge in [-0.2, -0.15) is 39.5 Å². The molecule has 3 rings (SSSR count). The van der Waals surface area contributed by atoms with E-state index in [1.807, 2.05) is 0 Å². The third-order valence-electron chi connectivity index (χ3n) is 9.28. The predicted octanol–water partition coefficient (Wildman–Crippen LogP) is 11.6. The number of benzene rings is 3. The molecule has 0 fully saturated rings. The summed E-state index contributed by atoms with van der Waals surface area (Å²) in [4.78, 5) is 35.4. The van der Waals surface area contributed by atoms with E-state index in [0.29, 0.717) is 0 Å². The minimum Gasteiger partial charge on any atom is -0.406 e. The van der Waals surface area contributed by atoms with Crippen LogP contribution in [0.3, 0.4) is 0 Å². The second-order valence-electron chi connectivity index (χ2n) is 17.6. The van der Waals surface area contributed by atoms with Crippen LogP contribution in [0.15, 0.2) is 72.8 Å². The molecule has 12 nitrogen and oxygen atoms in total. The summed E-state index contributed by atoms with van der Waals surface area (Å²) in [6, 6.07) is 12.0. The van der Waals surface area contributed by atoms with Crippen molar-refractivity contribution in [2.24, 2.45) is 0 Å². The number of halogens is 18. The highest BCUT2D eigenvalue weighted by Gasteiger charge is 2.42. The molecule has 0 saturated heterocycles. The first-order valence-electron chi connectivity index (χ1n) is 21.3. The Bertz CT molecular complexity index is 2040. The van der Waals surface area contributed by atoms with Crippen LogP contribution < -0.4 is 30.2 Å². The topological polar surface area (TPSA) is 176 Å². The van der Waals surface area contributed by atoms with Gasteiger partial charge in [-0.25, -0.2) is 0 Å². The Hall–Kier alpha value is -5.91. The van der Waals surface area contributed by atoms with Crippen molar-refractivity contribution in [3.63, 3.8) is 0 Å². The maximum absolute atomic E-state index is 12.3. The van der Waals surface area contributed by atoms with Crippen molar-refractivity contribution in [2.45, 2.75) is 153 Å². The van der Waals surface area contributed by atoms with Crippen molar-refractivity contribution in [2.75, 3.05) is 0 Å². The van der Waals surface area contributed by atoms with Gasteiger partial charge in [0.1, 0.15) is 17.2 Å². The van der Waals surface area contributed by atoms with Crippen molar-refractivity contribution in [3.05, 3.63) is 89.5 Å².